The number of ether oxygens (including phenoxy) is 1. The molecule has 5 heteroatoms. The number of amides is 1. The van der Waals surface area contributed by atoms with Crippen molar-refractivity contribution in [1.29, 1.82) is 0 Å². The number of rotatable bonds is 7. The maximum absolute atomic E-state index is 11.8. The van der Waals surface area contributed by atoms with E-state index < -0.39 is 0 Å². The normalized spacial score (nSPS) is 10.6. The number of nitrogens with one attached hydrogen (secondary N) is 1. The zero-order valence-corrected chi connectivity index (χ0v) is 14.2. The van der Waals surface area contributed by atoms with E-state index in [0.29, 0.717) is 18.0 Å². The Hall–Kier alpha value is -2.14. The number of anilines is 1. The van der Waals surface area contributed by atoms with Crippen molar-refractivity contribution < 1.29 is 14.3 Å². The van der Waals surface area contributed by atoms with Gasteiger partial charge in [-0.05, 0) is 41.5 Å². The molecule has 0 bridgehead atoms. The molecular formula is C18H21NO3S. The highest BCUT2D eigenvalue weighted by Crippen LogP contribution is 2.17. The summed E-state index contributed by atoms with van der Waals surface area (Å²) in [5.41, 5.74) is 1.91. The lowest BCUT2D eigenvalue weighted by atomic mass is 10.0. The Morgan fingerprint density at radius 1 is 1.17 bits per heavy atom. The molecule has 0 saturated carbocycles. The van der Waals surface area contributed by atoms with Crippen LogP contribution in [0.5, 0.6) is 0 Å². The van der Waals surface area contributed by atoms with Crippen LogP contribution in [0.2, 0.25) is 0 Å². The van der Waals surface area contributed by atoms with Gasteiger partial charge in [0, 0.05) is 10.6 Å². The van der Waals surface area contributed by atoms with Gasteiger partial charge in [0.05, 0.1) is 6.42 Å². The van der Waals surface area contributed by atoms with Crippen LogP contribution in [0.4, 0.5) is 5.69 Å². The lowest BCUT2D eigenvalue weighted by molar-refractivity contribution is -0.147. The fraction of sp³-hybridized carbons (Fsp3) is 0.333. The molecule has 0 fully saturated rings. The highest BCUT2D eigenvalue weighted by Gasteiger charge is 2.09. The first-order valence-corrected chi connectivity index (χ1v) is 8.50. The molecule has 0 aliphatic carbocycles. The lowest BCUT2D eigenvalue weighted by Gasteiger charge is -2.09. The maximum atomic E-state index is 11.8. The second-order valence-electron chi connectivity index (χ2n) is 5.56. The standard InChI is InChI=1S/C18H21NO3S/c1-13(2)14-5-7-15(8-6-14)19-17(20)12-22-18(21)10-9-16-4-3-11-23-16/h3-8,11,13H,9-10,12H2,1-2H3,(H,19,20). The first-order valence-electron chi connectivity index (χ1n) is 7.62. The molecule has 1 aromatic heterocycles. The molecule has 1 heterocycles. The smallest absolute Gasteiger partial charge is 0.306 e. The van der Waals surface area contributed by atoms with Gasteiger partial charge in [0.15, 0.2) is 6.61 Å². The quantitative estimate of drug-likeness (QED) is 0.781. The number of benzene rings is 1. The third-order valence-corrected chi connectivity index (χ3v) is 4.32. The molecule has 0 unspecified atom stereocenters. The number of esters is 1. The number of aryl methyl sites for hydroxylation is 1. The summed E-state index contributed by atoms with van der Waals surface area (Å²) in [4.78, 5) is 24.5. The van der Waals surface area contributed by atoms with Crippen molar-refractivity contribution >= 4 is 28.9 Å². The topological polar surface area (TPSA) is 55.4 Å². The van der Waals surface area contributed by atoms with Crippen LogP contribution in [0.3, 0.4) is 0 Å². The molecule has 1 amide bonds. The number of carbonyl (C=O) groups excluding carboxylic acids is 2. The maximum Gasteiger partial charge on any atom is 0.306 e. The van der Waals surface area contributed by atoms with Crippen LogP contribution < -0.4 is 5.32 Å². The van der Waals surface area contributed by atoms with Gasteiger partial charge in [0.2, 0.25) is 0 Å². The molecule has 0 spiro atoms. The Morgan fingerprint density at radius 2 is 1.91 bits per heavy atom. The second kappa shape index (κ2) is 8.48. The van der Waals surface area contributed by atoms with Crippen molar-refractivity contribution in [1.82, 2.24) is 0 Å². The van der Waals surface area contributed by atoms with Gasteiger partial charge in [-0.2, -0.15) is 0 Å². The number of carbonyl (C=O) groups is 2. The summed E-state index contributed by atoms with van der Waals surface area (Å²) in [5.74, 6) is -0.237. The van der Waals surface area contributed by atoms with Gasteiger partial charge >= 0.3 is 5.97 Å². The number of hydrogen-bond acceptors (Lipinski definition) is 4. The van der Waals surface area contributed by atoms with Crippen molar-refractivity contribution in [3.63, 3.8) is 0 Å². The van der Waals surface area contributed by atoms with Gasteiger partial charge in [-0.15, -0.1) is 11.3 Å². The number of thiophene rings is 1. The van der Waals surface area contributed by atoms with E-state index in [1.54, 1.807) is 11.3 Å². The minimum absolute atomic E-state index is 0.255. The summed E-state index contributed by atoms with van der Waals surface area (Å²) >= 11 is 1.61. The zero-order valence-electron chi connectivity index (χ0n) is 13.4. The highest BCUT2D eigenvalue weighted by molar-refractivity contribution is 7.09. The fourth-order valence-electron chi connectivity index (χ4n) is 2.05. The Bertz CT molecular complexity index is 633. The number of hydrogen-bond donors (Lipinski definition) is 1. The summed E-state index contributed by atoms with van der Waals surface area (Å²) in [7, 11) is 0. The van der Waals surface area contributed by atoms with Crippen LogP contribution >= 0.6 is 11.3 Å². The average Bonchev–Trinajstić information content (AvgIpc) is 3.05. The molecule has 0 radical (unpaired) electrons. The third-order valence-electron chi connectivity index (χ3n) is 3.38. The predicted octanol–water partition coefficient (Wildman–Crippen LogP) is 3.99. The van der Waals surface area contributed by atoms with Gasteiger partial charge in [0.1, 0.15) is 0 Å². The summed E-state index contributed by atoms with van der Waals surface area (Å²) in [5, 5.41) is 4.69. The minimum Gasteiger partial charge on any atom is -0.456 e. The highest BCUT2D eigenvalue weighted by atomic mass is 32.1. The summed E-state index contributed by atoms with van der Waals surface area (Å²) in [6, 6.07) is 11.6. The molecule has 122 valence electrons. The van der Waals surface area contributed by atoms with Crippen LogP contribution in [0.15, 0.2) is 41.8 Å². The van der Waals surface area contributed by atoms with Crippen molar-refractivity contribution in [3.8, 4) is 0 Å². The third kappa shape index (κ3) is 5.87. The first kappa shape index (κ1) is 17.2. The fourth-order valence-corrected chi connectivity index (χ4v) is 2.76. The van der Waals surface area contributed by atoms with Crippen LogP contribution in [0, 0.1) is 0 Å². The Balaban J connectivity index is 1.70. The van der Waals surface area contributed by atoms with E-state index >= 15 is 0 Å². The van der Waals surface area contributed by atoms with E-state index in [4.69, 9.17) is 4.74 Å². The van der Waals surface area contributed by atoms with E-state index in [1.165, 1.54) is 5.56 Å². The average molecular weight is 331 g/mol. The Labute approximate surface area is 140 Å². The summed E-state index contributed by atoms with van der Waals surface area (Å²) in [6.07, 6.45) is 0.936. The van der Waals surface area contributed by atoms with Crippen LogP contribution in [0.1, 0.15) is 36.6 Å². The molecule has 2 rings (SSSR count). The van der Waals surface area contributed by atoms with Gasteiger partial charge in [-0.25, -0.2) is 0 Å². The Kier molecular flexibility index (Phi) is 6.35. The molecule has 23 heavy (non-hydrogen) atoms. The minimum atomic E-state index is -0.358. The van der Waals surface area contributed by atoms with Gasteiger partial charge < -0.3 is 10.1 Å². The molecule has 1 N–H and O–H groups in total. The molecule has 0 atom stereocenters. The van der Waals surface area contributed by atoms with Crippen LogP contribution in [0.25, 0.3) is 0 Å². The van der Waals surface area contributed by atoms with Gasteiger partial charge in [-0.3, -0.25) is 9.59 Å². The van der Waals surface area contributed by atoms with Crippen LogP contribution in [-0.2, 0) is 20.7 Å². The molecule has 0 aliphatic rings. The molecule has 0 saturated heterocycles. The van der Waals surface area contributed by atoms with E-state index in [0.717, 1.165) is 4.88 Å². The predicted molar refractivity (Wildman–Crippen MR) is 92.8 cm³/mol. The second-order valence-corrected chi connectivity index (χ2v) is 6.60. The van der Waals surface area contributed by atoms with E-state index in [-0.39, 0.29) is 24.9 Å². The van der Waals surface area contributed by atoms with Crippen molar-refractivity contribution in [2.75, 3.05) is 11.9 Å². The van der Waals surface area contributed by atoms with E-state index in [2.05, 4.69) is 19.2 Å². The molecular weight excluding hydrogens is 310 g/mol. The molecule has 2 aromatic rings. The molecule has 1 aromatic carbocycles. The lowest BCUT2D eigenvalue weighted by Crippen LogP contribution is -2.21. The zero-order chi connectivity index (χ0) is 16.7. The summed E-state index contributed by atoms with van der Waals surface area (Å²) in [6.45, 7) is 3.97. The monoisotopic (exact) mass is 331 g/mol. The van der Waals surface area contributed by atoms with Gasteiger partial charge in [0.25, 0.3) is 5.91 Å². The molecule has 4 nitrogen and oxygen atoms in total. The van der Waals surface area contributed by atoms with Crippen molar-refractivity contribution in [2.45, 2.75) is 32.6 Å². The largest absolute Gasteiger partial charge is 0.456 e. The summed E-state index contributed by atoms with van der Waals surface area (Å²) < 4.78 is 4.99. The van der Waals surface area contributed by atoms with Gasteiger partial charge in [-0.1, -0.05) is 32.0 Å². The van der Waals surface area contributed by atoms with E-state index in [1.807, 2.05) is 41.8 Å². The molecule has 0 aliphatic heterocycles. The van der Waals surface area contributed by atoms with Crippen LogP contribution in [-0.4, -0.2) is 18.5 Å². The van der Waals surface area contributed by atoms with E-state index in [9.17, 15) is 9.59 Å². The SMILES string of the molecule is CC(C)c1ccc(NC(=O)COC(=O)CCc2cccs2)cc1. The Morgan fingerprint density at radius 3 is 2.52 bits per heavy atom. The first-order chi connectivity index (χ1) is 11.0. The van der Waals surface area contributed by atoms with Crippen molar-refractivity contribution in [2.24, 2.45) is 0 Å². The van der Waals surface area contributed by atoms with Crippen molar-refractivity contribution in [3.05, 3.63) is 52.2 Å².